The van der Waals surface area contributed by atoms with Gasteiger partial charge in [0.2, 0.25) is 0 Å². The minimum absolute atomic E-state index is 0.0530. The molecule has 0 radical (unpaired) electrons. The SMILES string of the molecule is Cc1ccccc1N1CCN([C@H]2CCCN(C(=O)c3cccc(F)c3)C2)CC1. The van der Waals surface area contributed by atoms with E-state index in [9.17, 15) is 9.18 Å². The third-order valence-electron chi connectivity index (χ3n) is 6.04. The molecule has 0 unspecified atom stereocenters. The molecular formula is C23H28FN3O. The molecule has 0 spiro atoms. The first-order chi connectivity index (χ1) is 13.6. The number of para-hydroxylation sites is 1. The number of halogens is 1. The van der Waals surface area contributed by atoms with Gasteiger partial charge in [-0.25, -0.2) is 4.39 Å². The summed E-state index contributed by atoms with van der Waals surface area (Å²) in [5, 5.41) is 0. The van der Waals surface area contributed by atoms with E-state index in [0.717, 1.165) is 52.1 Å². The Bertz CT molecular complexity index is 832. The predicted molar refractivity (Wildman–Crippen MR) is 110 cm³/mol. The number of likely N-dealkylation sites (tertiary alicyclic amines) is 1. The van der Waals surface area contributed by atoms with E-state index >= 15 is 0 Å². The molecule has 2 aliphatic heterocycles. The highest BCUT2D eigenvalue weighted by Crippen LogP contribution is 2.24. The van der Waals surface area contributed by atoms with Gasteiger partial charge in [0.15, 0.2) is 0 Å². The standard InChI is InChI=1S/C23H28FN3O/c1-18-6-2-3-10-22(18)26-14-12-25(13-15-26)21-9-5-11-27(17-21)23(28)19-7-4-8-20(24)16-19/h2-4,6-8,10,16,21H,5,9,11-15,17H2,1H3/t21-/m0/s1. The number of carbonyl (C=O) groups is 1. The van der Waals surface area contributed by atoms with Crippen LogP contribution in [0.25, 0.3) is 0 Å². The Morgan fingerprint density at radius 3 is 2.54 bits per heavy atom. The summed E-state index contributed by atoms with van der Waals surface area (Å²) in [5.41, 5.74) is 3.10. The average Bonchev–Trinajstić information content (AvgIpc) is 2.74. The molecule has 0 aliphatic carbocycles. The molecule has 2 heterocycles. The van der Waals surface area contributed by atoms with Crippen LogP contribution in [-0.2, 0) is 0 Å². The summed E-state index contributed by atoms with van der Waals surface area (Å²) < 4.78 is 13.5. The van der Waals surface area contributed by atoms with Crippen molar-refractivity contribution in [1.82, 2.24) is 9.80 Å². The third kappa shape index (κ3) is 4.04. The van der Waals surface area contributed by atoms with Crippen molar-refractivity contribution >= 4 is 11.6 Å². The van der Waals surface area contributed by atoms with E-state index in [4.69, 9.17) is 0 Å². The van der Waals surface area contributed by atoms with Gasteiger partial charge in [0, 0.05) is 56.6 Å². The highest BCUT2D eigenvalue weighted by atomic mass is 19.1. The molecule has 2 fully saturated rings. The van der Waals surface area contributed by atoms with Crippen LogP contribution in [0, 0.1) is 12.7 Å². The minimum Gasteiger partial charge on any atom is -0.369 e. The number of hydrogen-bond donors (Lipinski definition) is 0. The van der Waals surface area contributed by atoms with E-state index in [1.807, 2.05) is 4.90 Å². The largest absolute Gasteiger partial charge is 0.369 e. The van der Waals surface area contributed by atoms with Crippen LogP contribution in [0.1, 0.15) is 28.8 Å². The van der Waals surface area contributed by atoms with Gasteiger partial charge in [0.1, 0.15) is 5.82 Å². The number of hydrogen-bond acceptors (Lipinski definition) is 3. The maximum atomic E-state index is 13.5. The van der Waals surface area contributed by atoms with Gasteiger partial charge in [-0.05, 0) is 49.6 Å². The summed E-state index contributed by atoms with van der Waals surface area (Å²) in [5.74, 6) is -0.408. The number of amides is 1. The van der Waals surface area contributed by atoms with Gasteiger partial charge >= 0.3 is 0 Å². The molecule has 4 rings (SSSR count). The molecule has 1 atom stereocenters. The minimum atomic E-state index is -0.355. The molecule has 0 saturated carbocycles. The van der Waals surface area contributed by atoms with Crippen LogP contribution in [-0.4, -0.2) is 61.0 Å². The fraction of sp³-hybridized carbons (Fsp3) is 0.435. The summed E-state index contributed by atoms with van der Waals surface area (Å²) in [6, 6.07) is 15.0. The fourth-order valence-electron chi connectivity index (χ4n) is 4.49. The smallest absolute Gasteiger partial charge is 0.254 e. The van der Waals surface area contributed by atoms with Crippen LogP contribution in [0.15, 0.2) is 48.5 Å². The topological polar surface area (TPSA) is 26.8 Å². The number of nitrogens with zero attached hydrogens (tertiary/aromatic N) is 3. The van der Waals surface area contributed by atoms with E-state index in [1.165, 1.54) is 23.4 Å². The van der Waals surface area contributed by atoms with E-state index in [2.05, 4.69) is 41.0 Å². The second kappa shape index (κ2) is 8.31. The van der Waals surface area contributed by atoms with Gasteiger partial charge < -0.3 is 9.80 Å². The monoisotopic (exact) mass is 381 g/mol. The second-order valence-corrected chi connectivity index (χ2v) is 7.87. The van der Waals surface area contributed by atoms with Crippen molar-refractivity contribution < 1.29 is 9.18 Å². The van der Waals surface area contributed by atoms with Crippen molar-refractivity contribution in [2.75, 3.05) is 44.2 Å². The summed E-state index contributed by atoms with van der Waals surface area (Å²) in [6.45, 7) is 7.72. The van der Waals surface area contributed by atoms with E-state index in [0.29, 0.717) is 11.6 Å². The van der Waals surface area contributed by atoms with Crippen LogP contribution >= 0.6 is 0 Å². The Kier molecular flexibility index (Phi) is 5.62. The third-order valence-corrected chi connectivity index (χ3v) is 6.04. The highest BCUT2D eigenvalue weighted by Gasteiger charge is 2.30. The van der Waals surface area contributed by atoms with Crippen molar-refractivity contribution in [2.24, 2.45) is 0 Å². The quantitative estimate of drug-likeness (QED) is 0.813. The molecule has 2 aromatic carbocycles. The van der Waals surface area contributed by atoms with Crippen LogP contribution in [0.5, 0.6) is 0 Å². The van der Waals surface area contributed by atoms with E-state index < -0.39 is 0 Å². The van der Waals surface area contributed by atoms with Crippen molar-refractivity contribution in [3.63, 3.8) is 0 Å². The lowest BCUT2D eigenvalue weighted by molar-refractivity contribution is 0.0563. The van der Waals surface area contributed by atoms with Gasteiger partial charge in [-0.1, -0.05) is 24.3 Å². The molecule has 0 N–H and O–H groups in total. The van der Waals surface area contributed by atoms with E-state index in [-0.39, 0.29) is 11.7 Å². The maximum Gasteiger partial charge on any atom is 0.254 e. The summed E-state index contributed by atoms with van der Waals surface area (Å²) >= 11 is 0. The number of piperidine rings is 1. The first-order valence-electron chi connectivity index (χ1n) is 10.2. The first-order valence-corrected chi connectivity index (χ1v) is 10.2. The Morgan fingerprint density at radius 2 is 1.79 bits per heavy atom. The van der Waals surface area contributed by atoms with Crippen LogP contribution < -0.4 is 4.90 Å². The number of anilines is 1. The Balaban J connectivity index is 1.37. The molecule has 2 saturated heterocycles. The van der Waals surface area contributed by atoms with E-state index in [1.54, 1.807) is 12.1 Å². The average molecular weight is 381 g/mol. The molecule has 4 nitrogen and oxygen atoms in total. The van der Waals surface area contributed by atoms with Gasteiger partial charge in [-0.15, -0.1) is 0 Å². The number of aryl methyl sites for hydroxylation is 1. The highest BCUT2D eigenvalue weighted by molar-refractivity contribution is 5.94. The van der Waals surface area contributed by atoms with Gasteiger partial charge in [-0.3, -0.25) is 9.69 Å². The number of benzene rings is 2. The zero-order valence-electron chi connectivity index (χ0n) is 16.5. The summed E-state index contributed by atoms with van der Waals surface area (Å²) in [4.78, 5) is 19.7. The van der Waals surface area contributed by atoms with Crippen LogP contribution in [0.3, 0.4) is 0 Å². The normalized spacial score (nSPS) is 21.0. The summed E-state index contributed by atoms with van der Waals surface area (Å²) in [7, 11) is 0. The number of rotatable bonds is 3. The Labute approximate surface area is 166 Å². The second-order valence-electron chi connectivity index (χ2n) is 7.87. The molecule has 1 amide bonds. The molecule has 0 bridgehead atoms. The Morgan fingerprint density at radius 1 is 1.00 bits per heavy atom. The lowest BCUT2D eigenvalue weighted by atomic mass is 10.0. The zero-order chi connectivity index (χ0) is 19.5. The fourth-order valence-corrected chi connectivity index (χ4v) is 4.49. The van der Waals surface area contributed by atoms with Crippen molar-refractivity contribution in [2.45, 2.75) is 25.8 Å². The lowest BCUT2D eigenvalue weighted by Crippen LogP contribution is -2.56. The van der Waals surface area contributed by atoms with Crippen LogP contribution in [0.2, 0.25) is 0 Å². The van der Waals surface area contributed by atoms with Crippen molar-refractivity contribution in [3.05, 3.63) is 65.5 Å². The summed E-state index contributed by atoms with van der Waals surface area (Å²) in [6.07, 6.45) is 2.13. The van der Waals surface area contributed by atoms with Gasteiger partial charge in [0.05, 0.1) is 0 Å². The predicted octanol–water partition coefficient (Wildman–Crippen LogP) is 3.56. The van der Waals surface area contributed by atoms with Crippen molar-refractivity contribution in [1.29, 1.82) is 0 Å². The van der Waals surface area contributed by atoms with Gasteiger partial charge in [-0.2, -0.15) is 0 Å². The van der Waals surface area contributed by atoms with Crippen molar-refractivity contribution in [3.8, 4) is 0 Å². The first kappa shape index (κ1) is 18.9. The molecule has 0 aromatic heterocycles. The Hall–Kier alpha value is -2.40. The lowest BCUT2D eigenvalue weighted by Gasteiger charge is -2.44. The maximum absolute atomic E-state index is 13.5. The molecule has 2 aromatic rings. The molecule has 2 aliphatic rings. The van der Waals surface area contributed by atoms with Gasteiger partial charge in [0.25, 0.3) is 5.91 Å². The number of piperazine rings is 1. The molecule has 28 heavy (non-hydrogen) atoms. The molecular weight excluding hydrogens is 353 g/mol. The zero-order valence-corrected chi connectivity index (χ0v) is 16.5. The molecule has 5 heteroatoms. The molecule has 148 valence electrons. The number of carbonyl (C=O) groups excluding carboxylic acids is 1. The van der Waals surface area contributed by atoms with Crippen LogP contribution in [0.4, 0.5) is 10.1 Å².